The third-order valence-electron chi connectivity index (χ3n) is 2.50. The van der Waals surface area contributed by atoms with Gasteiger partial charge in [0.15, 0.2) is 0 Å². The standard InChI is InChI=1S/C11H17ClN3O2PS/c1-3-13-18(19,16-4-2)17-10-7-9(12)14-11(15-10)8-5-6-8/h7-8H,3-6H2,1-2H3,(H,13,19). The Hall–Kier alpha value is -0.260. The maximum absolute atomic E-state index is 5.99. The van der Waals surface area contributed by atoms with Gasteiger partial charge in [0.2, 0.25) is 5.88 Å². The number of nitrogens with one attached hydrogen (secondary N) is 1. The Balaban J connectivity index is 2.18. The molecule has 1 heterocycles. The monoisotopic (exact) mass is 321 g/mol. The van der Waals surface area contributed by atoms with Gasteiger partial charge in [0.1, 0.15) is 11.0 Å². The van der Waals surface area contributed by atoms with Crippen LogP contribution in [0, 0.1) is 0 Å². The SMILES string of the molecule is CCNP(=S)(OCC)Oc1cc(Cl)nc(C2CC2)n1. The van der Waals surface area contributed by atoms with Gasteiger partial charge in [-0.25, -0.2) is 10.1 Å². The van der Waals surface area contributed by atoms with Crippen LogP contribution in [0.2, 0.25) is 5.15 Å². The van der Waals surface area contributed by atoms with Crippen molar-refractivity contribution in [2.45, 2.75) is 32.6 Å². The second-order valence-electron chi connectivity index (χ2n) is 4.18. The van der Waals surface area contributed by atoms with Gasteiger partial charge in [0, 0.05) is 18.5 Å². The number of aromatic nitrogens is 2. The molecule has 1 N–H and O–H groups in total. The molecule has 1 aliphatic carbocycles. The summed E-state index contributed by atoms with van der Waals surface area (Å²) in [5.41, 5.74) is 0. The van der Waals surface area contributed by atoms with Crippen molar-refractivity contribution >= 4 is 30.1 Å². The zero-order chi connectivity index (χ0) is 13.9. The minimum absolute atomic E-state index is 0.376. The molecule has 1 aliphatic rings. The molecule has 0 aromatic carbocycles. The lowest BCUT2D eigenvalue weighted by Gasteiger charge is -2.21. The van der Waals surface area contributed by atoms with Gasteiger partial charge in [0.05, 0.1) is 6.61 Å². The van der Waals surface area contributed by atoms with Crippen molar-refractivity contribution in [3.63, 3.8) is 0 Å². The van der Waals surface area contributed by atoms with Crippen LogP contribution in [0.3, 0.4) is 0 Å². The van der Waals surface area contributed by atoms with Crippen LogP contribution in [-0.4, -0.2) is 23.1 Å². The van der Waals surface area contributed by atoms with Crippen LogP contribution in [0.5, 0.6) is 5.88 Å². The fraction of sp³-hybridized carbons (Fsp3) is 0.636. The number of rotatable bonds is 7. The zero-order valence-corrected chi connectivity index (χ0v) is 13.4. The Morgan fingerprint density at radius 1 is 1.47 bits per heavy atom. The topological polar surface area (TPSA) is 56.3 Å². The quantitative estimate of drug-likeness (QED) is 0.614. The second kappa shape index (κ2) is 6.46. The lowest BCUT2D eigenvalue weighted by atomic mass is 10.4. The van der Waals surface area contributed by atoms with E-state index in [0.717, 1.165) is 18.7 Å². The van der Waals surface area contributed by atoms with Gasteiger partial charge < -0.3 is 9.05 Å². The first-order valence-corrected chi connectivity index (χ1v) is 9.31. The molecule has 19 heavy (non-hydrogen) atoms. The summed E-state index contributed by atoms with van der Waals surface area (Å²) < 4.78 is 11.3. The highest BCUT2D eigenvalue weighted by Crippen LogP contribution is 2.45. The molecule has 1 saturated carbocycles. The molecular weight excluding hydrogens is 305 g/mol. The molecule has 2 rings (SSSR count). The molecule has 0 amide bonds. The first kappa shape index (κ1) is 15.1. The summed E-state index contributed by atoms with van der Waals surface area (Å²) in [5, 5.41) is 3.45. The molecule has 1 atom stereocenters. The molecule has 106 valence electrons. The van der Waals surface area contributed by atoms with Crippen molar-refractivity contribution in [3.8, 4) is 5.88 Å². The summed E-state index contributed by atoms with van der Waals surface area (Å²) in [6, 6.07) is 1.57. The number of hydrogen-bond donors (Lipinski definition) is 1. The van der Waals surface area contributed by atoms with E-state index in [1.165, 1.54) is 0 Å². The maximum Gasteiger partial charge on any atom is 0.314 e. The molecule has 0 saturated heterocycles. The molecule has 1 fully saturated rings. The molecule has 1 aromatic rings. The Bertz CT molecular complexity index is 489. The predicted octanol–water partition coefficient (Wildman–Crippen LogP) is 3.26. The Morgan fingerprint density at radius 3 is 2.79 bits per heavy atom. The molecule has 1 aromatic heterocycles. The summed E-state index contributed by atoms with van der Waals surface area (Å²) >= 11 is 11.4. The average molecular weight is 322 g/mol. The first-order chi connectivity index (χ1) is 9.06. The van der Waals surface area contributed by atoms with E-state index in [2.05, 4.69) is 15.1 Å². The minimum Gasteiger partial charge on any atom is -0.414 e. The first-order valence-electron chi connectivity index (χ1n) is 6.30. The molecule has 8 heteroatoms. The van der Waals surface area contributed by atoms with E-state index in [1.807, 2.05) is 13.8 Å². The van der Waals surface area contributed by atoms with E-state index in [-0.39, 0.29) is 0 Å². The molecule has 0 aliphatic heterocycles. The lowest BCUT2D eigenvalue weighted by Crippen LogP contribution is -2.16. The van der Waals surface area contributed by atoms with Gasteiger partial charge >= 0.3 is 6.64 Å². The van der Waals surface area contributed by atoms with Crippen LogP contribution in [0.25, 0.3) is 0 Å². The number of halogens is 1. The van der Waals surface area contributed by atoms with Crippen LogP contribution in [-0.2, 0) is 16.3 Å². The predicted molar refractivity (Wildman–Crippen MR) is 79.2 cm³/mol. The van der Waals surface area contributed by atoms with Crippen LogP contribution in [0.4, 0.5) is 0 Å². The summed E-state index contributed by atoms with van der Waals surface area (Å²) in [4.78, 5) is 8.58. The second-order valence-corrected chi connectivity index (χ2v) is 7.76. The van der Waals surface area contributed by atoms with Gasteiger partial charge in [-0.15, -0.1) is 0 Å². The van der Waals surface area contributed by atoms with Crippen molar-refractivity contribution in [2.24, 2.45) is 0 Å². The van der Waals surface area contributed by atoms with E-state index in [1.54, 1.807) is 6.07 Å². The smallest absolute Gasteiger partial charge is 0.314 e. The van der Waals surface area contributed by atoms with Gasteiger partial charge in [-0.05, 0) is 31.6 Å². The summed E-state index contributed by atoms with van der Waals surface area (Å²) in [5.74, 6) is 1.53. The van der Waals surface area contributed by atoms with E-state index in [9.17, 15) is 0 Å². The van der Waals surface area contributed by atoms with Crippen LogP contribution >= 0.6 is 18.2 Å². The molecule has 0 bridgehead atoms. The molecule has 1 unspecified atom stereocenters. The van der Waals surface area contributed by atoms with Gasteiger partial charge in [-0.1, -0.05) is 18.5 Å². The largest absolute Gasteiger partial charge is 0.414 e. The minimum atomic E-state index is -2.56. The fourth-order valence-electron chi connectivity index (χ4n) is 1.58. The van der Waals surface area contributed by atoms with Gasteiger partial charge in [0.25, 0.3) is 0 Å². The maximum atomic E-state index is 5.99. The Labute approximate surface area is 123 Å². The number of nitrogens with zero attached hydrogens (tertiary/aromatic N) is 2. The van der Waals surface area contributed by atoms with E-state index >= 15 is 0 Å². The van der Waals surface area contributed by atoms with Gasteiger partial charge in [-0.3, -0.25) is 0 Å². The average Bonchev–Trinajstić information content (AvgIpc) is 3.11. The Morgan fingerprint density at radius 2 is 2.21 bits per heavy atom. The molecular formula is C11H17ClN3O2PS. The number of hydrogen-bond acceptors (Lipinski definition) is 5. The van der Waals surface area contributed by atoms with Crippen molar-refractivity contribution in [1.29, 1.82) is 0 Å². The van der Waals surface area contributed by atoms with Crippen molar-refractivity contribution in [1.82, 2.24) is 15.1 Å². The summed E-state index contributed by atoms with van der Waals surface area (Å²) in [7, 11) is 0. The van der Waals surface area contributed by atoms with Crippen LogP contribution in [0.1, 0.15) is 38.4 Å². The van der Waals surface area contributed by atoms with E-state index in [0.29, 0.717) is 30.1 Å². The molecule has 5 nitrogen and oxygen atoms in total. The Kier molecular flexibility index (Phi) is 5.15. The summed E-state index contributed by atoms with van der Waals surface area (Å²) in [6.07, 6.45) is 2.21. The van der Waals surface area contributed by atoms with Crippen molar-refractivity contribution < 1.29 is 9.05 Å². The third-order valence-corrected chi connectivity index (χ3v) is 5.35. The fourth-order valence-corrected chi connectivity index (χ4v) is 3.96. The lowest BCUT2D eigenvalue weighted by molar-refractivity contribution is 0.320. The van der Waals surface area contributed by atoms with E-state index in [4.69, 9.17) is 32.5 Å². The van der Waals surface area contributed by atoms with E-state index < -0.39 is 6.64 Å². The normalized spacial score (nSPS) is 18.1. The van der Waals surface area contributed by atoms with Gasteiger partial charge in [-0.2, -0.15) is 4.98 Å². The van der Waals surface area contributed by atoms with Crippen molar-refractivity contribution in [2.75, 3.05) is 13.2 Å². The third kappa shape index (κ3) is 4.36. The highest BCUT2D eigenvalue weighted by Gasteiger charge is 2.28. The molecule has 0 radical (unpaired) electrons. The van der Waals surface area contributed by atoms with Crippen LogP contribution in [0.15, 0.2) is 6.07 Å². The van der Waals surface area contributed by atoms with Crippen molar-refractivity contribution in [3.05, 3.63) is 17.0 Å². The molecule has 0 spiro atoms. The highest BCUT2D eigenvalue weighted by atomic mass is 35.5. The van der Waals surface area contributed by atoms with Crippen LogP contribution < -0.4 is 9.61 Å². The summed E-state index contributed by atoms with van der Waals surface area (Å²) in [6.45, 7) is 2.43. The highest BCUT2D eigenvalue weighted by molar-refractivity contribution is 8.09. The zero-order valence-electron chi connectivity index (χ0n) is 10.9.